The molecule has 1 aromatic heterocycles. The van der Waals surface area contributed by atoms with E-state index in [-0.39, 0.29) is 6.17 Å². The van der Waals surface area contributed by atoms with E-state index in [2.05, 4.69) is 157 Å². The van der Waals surface area contributed by atoms with Crippen molar-refractivity contribution in [1.82, 2.24) is 4.98 Å². The van der Waals surface area contributed by atoms with Gasteiger partial charge in [-0.2, -0.15) is 0 Å². The quantitative estimate of drug-likeness (QED) is 0.184. The maximum absolute atomic E-state index is 5.18. The fourth-order valence-corrected chi connectivity index (χ4v) is 7.09. The van der Waals surface area contributed by atoms with Gasteiger partial charge in [0.25, 0.3) is 0 Å². The summed E-state index contributed by atoms with van der Waals surface area (Å²) < 4.78 is 0. The maximum atomic E-state index is 5.18. The largest absolute Gasteiger partial charge is 0.264 e. The van der Waals surface area contributed by atoms with E-state index in [1.165, 1.54) is 55.1 Å². The lowest BCUT2D eigenvalue weighted by molar-refractivity contribution is 0.703. The number of rotatable bonds is 6. The van der Waals surface area contributed by atoms with Gasteiger partial charge in [-0.05, 0) is 78.9 Å². The van der Waals surface area contributed by atoms with Gasteiger partial charge in [-0.1, -0.05) is 140 Å². The Kier molecular flexibility index (Phi) is 6.94. The first-order chi connectivity index (χ1) is 23.8. The summed E-state index contributed by atoms with van der Waals surface area (Å²) in [5.74, 6) is 0. The molecule has 226 valence electrons. The van der Waals surface area contributed by atoms with Crippen LogP contribution in [-0.4, -0.2) is 11.1 Å². The Hall–Kier alpha value is -6.19. The minimum absolute atomic E-state index is 0.157. The molecule has 0 bridgehead atoms. The Morgan fingerprint density at radius 1 is 0.417 bits per heavy atom. The average molecular weight is 614 g/mol. The van der Waals surface area contributed by atoms with Crippen molar-refractivity contribution in [2.45, 2.75) is 12.6 Å². The molecule has 3 heteroatoms. The van der Waals surface area contributed by atoms with Crippen LogP contribution in [0.25, 0.3) is 66.1 Å². The van der Waals surface area contributed by atoms with Crippen molar-refractivity contribution < 1.29 is 0 Å². The number of hydrogen-bond acceptors (Lipinski definition) is 3. The van der Waals surface area contributed by atoms with E-state index in [0.29, 0.717) is 0 Å². The molecule has 1 unspecified atom stereocenters. The average Bonchev–Trinajstić information content (AvgIpc) is 3.58. The van der Waals surface area contributed by atoms with Crippen LogP contribution in [0.5, 0.6) is 0 Å². The van der Waals surface area contributed by atoms with Crippen molar-refractivity contribution in [1.29, 1.82) is 0 Å². The van der Waals surface area contributed by atoms with Crippen LogP contribution in [0.3, 0.4) is 0 Å². The second kappa shape index (κ2) is 11.9. The van der Waals surface area contributed by atoms with Crippen LogP contribution in [-0.2, 0) is 6.42 Å². The monoisotopic (exact) mass is 613 g/mol. The van der Waals surface area contributed by atoms with Crippen LogP contribution in [0.1, 0.15) is 5.56 Å². The molecule has 0 radical (unpaired) electrons. The lowest BCUT2D eigenvalue weighted by Gasteiger charge is -2.14. The molecular formula is C45H31N3. The van der Waals surface area contributed by atoms with Crippen molar-refractivity contribution in [2.75, 3.05) is 0 Å². The van der Waals surface area contributed by atoms with Crippen molar-refractivity contribution in [3.05, 3.63) is 186 Å². The molecule has 2 heterocycles. The predicted molar refractivity (Wildman–Crippen MR) is 197 cm³/mol. The van der Waals surface area contributed by atoms with Crippen molar-refractivity contribution in [3.63, 3.8) is 0 Å². The highest BCUT2D eigenvalue weighted by Crippen LogP contribution is 2.37. The van der Waals surface area contributed by atoms with Gasteiger partial charge in [-0.3, -0.25) is 15.0 Å². The Morgan fingerprint density at radius 2 is 1.04 bits per heavy atom. The molecule has 9 rings (SSSR count). The SMILES string of the molecule is c1ccc(-c2ccc(-c3cc4c(c5ccccc35)=NC(Cc3ccc(-c5cccc(-c6cccnc6)c5)cc3)N=4)c3ccccc23)cc1. The number of fused-ring (bicyclic) bond motifs is 4. The van der Waals surface area contributed by atoms with Gasteiger partial charge in [0.2, 0.25) is 0 Å². The smallest absolute Gasteiger partial charge is 0.145 e. The third kappa shape index (κ3) is 5.06. The van der Waals surface area contributed by atoms with Crippen LogP contribution in [0.15, 0.2) is 180 Å². The van der Waals surface area contributed by atoms with Crippen LogP contribution in [0.2, 0.25) is 0 Å². The molecule has 1 aliphatic rings. The van der Waals surface area contributed by atoms with Gasteiger partial charge >= 0.3 is 0 Å². The second-order valence-corrected chi connectivity index (χ2v) is 12.4. The highest BCUT2D eigenvalue weighted by molar-refractivity contribution is 6.09. The third-order valence-corrected chi connectivity index (χ3v) is 9.42. The zero-order valence-corrected chi connectivity index (χ0v) is 26.3. The summed E-state index contributed by atoms with van der Waals surface area (Å²) in [6.07, 6.45) is 4.31. The maximum Gasteiger partial charge on any atom is 0.145 e. The molecule has 48 heavy (non-hydrogen) atoms. The van der Waals surface area contributed by atoms with Crippen LogP contribution < -0.4 is 10.7 Å². The predicted octanol–water partition coefficient (Wildman–Crippen LogP) is 9.88. The number of hydrogen-bond donors (Lipinski definition) is 0. The van der Waals surface area contributed by atoms with E-state index in [9.17, 15) is 0 Å². The fourth-order valence-electron chi connectivity index (χ4n) is 7.09. The summed E-state index contributed by atoms with van der Waals surface area (Å²) in [6, 6.07) is 56.3. The number of aromatic nitrogens is 1. The van der Waals surface area contributed by atoms with E-state index in [1.54, 1.807) is 6.20 Å². The fraction of sp³-hybridized carbons (Fsp3) is 0.0444. The molecule has 3 nitrogen and oxygen atoms in total. The van der Waals surface area contributed by atoms with Gasteiger partial charge in [0, 0.05) is 29.8 Å². The molecule has 0 saturated heterocycles. The van der Waals surface area contributed by atoms with Gasteiger partial charge in [0.1, 0.15) is 6.17 Å². The molecule has 8 aromatic rings. The number of benzene rings is 7. The normalized spacial score (nSPS) is 13.6. The van der Waals surface area contributed by atoms with E-state index >= 15 is 0 Å². The minimum Gasteiger partial charge on any atom is -0.264 e. The van der Waals surface area contributed by atoms with Crippen molar-refractivity contribution >= 4 is 21.5 Å². The molecule has 1 atom stereocenters. The van der Waals surface area contributed by atoms with Gasteiger partial charge in [0.15, 0.2) is 0 Å². The molecule has 0 fully saturated rings. The Balaban J connectivity index is 1.06. The van der Waals surface area contributed by atoms with Gasteiger partial charge in [-0.25, -0.2) is 0 Å². The van der Waals surface area contributed by atoms with Crippen LogP contribution in [0.4, 0.5) is 0 Å². The number of nitrogens with zero attached hydrogens (tertiary/aromatic N) is 3. The van der Waals surface area contributed by atoms with Crippen molar-refractivity contribution in [3.8, 4) is 44.5 Å². The molecule has 0 spiro atoms. The lowest BCUT2D eigenvalue weighted by atomic mass is 9.90. The zero-order chi connectivity index (χ0) is 31.9. The Labute approximate surface area is 279 Å². The highest BCUT2D eigenvalue weighted by atomic mass is 15.0. The van der Waals surface area contributed by atoms with E-state index in [1.807, 2.05) is 12.3 Å². The highest BCUT2D eigenvalue weighted by Gasteiger charge is 2.18. The molecule has 0 N–H and O–H groups in total. The molecule has 0 saturated carbocycles. The topological polar surface area (TPSA) is 37.6 Å². The molecule has 1 aliphatic heterocycles. The standard InChI is InChI=1S/C45H31N3/c1-2-10-32(11-3-1)36-23-24-40(38-16-5-4-15-37(36)38)42-28-43-45(41-18-7-6-17-39(41)42)48-44(47-43)26-30-19-21-31(22-20-30)33-12-8-13-34(27-33)35-14-9-25-46-29-35/h1-25,27-29,44H,26H2. The van der Waals surface area contributed by atoms with Crippen LogP contribution >= 0.6 is 0 Å². The summed E-state index contributed by atoms with van der Waals surface area (Å²) >= 11 is 0. The summed E-state index contributed by atoms with van der Waals surface area (Å²) in [7, 11) is 0. The van der Waals surface area contributed by atoms with Gasteiger partial charge in [0.05, 0.1) is 10.7 Å². The number of pyridine rings is 1. The second-order valence-electron chi connectivity index (χ2n) is 12.4. The van der Waals surface area contributed by atoms with E-state index in [0.717, 1.165) is 33.6 Å². The van der Waals surface area contributed by atoms with Crippen molar-refractivity contribution in [2.24, 2.45) is 9.98 Å². The van der Waals surface area contributed by atoms with Crippen LogP contribution in [0, 0.1) is 0 Å². The first-order valence-electron chi connectivity index (χ1n) is 16.4. The first-order valence-corrected chi connectivity index (χ1v) is 16.4. The molecule has 0 amide bonds. The summed E-state index contributed by atoms with van der Waals surface area (Å²) in [4.78, 5) is 14.6. The first kappa shape index (κ1) is 28.1. The minimum atomic E-state index is -0.157. The summed E-state index contributed by atoms with van der Waals surface area (Å²) in [6.45, 7) is 0. The molecule has 0 aliphatic carbocycles. The summed E-state index contributed by atoms with van der Waals surface area (Å²) in [5, 5.41) is 6.80. The third-order valence-electron chi connectivity index (χ3n) is 9.42. The summed E-state index contributed by atoms with van der Waals surface area (Å²) in [5.41, 5.74) is 10.8. The Morgan fingerprint density at radius 3 is 1.79 bits per heavy atom. The van der Waals surface area contributed by atoms with E-state index < -0.39 is 0 Å². The zero-order valence-electron chi connectivity index (χ0n) is 26.3. The van der Waals surface area contributed by atoms with Gasteiger partial charge < -0.3 is 0 Å². The Bertz CT molecular complexity index is 2570. The molecular weight excluding hydrogens is 583 g/mol. The lowest BCUT2D eigenvalue weighted by Crippen LogP contribution is -2.22. The molecule has 7 aromatic carbocycles. The van der Waals surface area contributed by atoms with Gasteiger partial charge in [-0.15, -0.1) is 0 Å². The van der Waals surface area contributed by atoms with E-state index in [4.69, 9.17) is 9.98 Å².